The highest BCUT2D eigenvalue weighted by molar-refractivity contribution is 5.90. The third-order valence-electron chi connectivity index (χ3n) is 2.30. The number of amides is 1. The van der Waals surface area contributed by atoms with E-state index >= 15 is 0 Å². The van der Waals surface area contributed by atoms with E-state index in [2.05, 4.69) is 5.32 Å². The Morgan fingerprint density at radius 2 is 2.13 bits per heavy atom. The van der Waals surface area contributed by atoms with Crippen molar-refractivity contribution in [2.45, 2.75) is 58.1 Å². The predicted octanol–water partition coefficient (Wildman–Crippen LogP) is 2.47. The van der Waals surface area contributed by atoms with Gasteiger partial charge >= 0.3 is 6.09 Å². The van der Waals surface area contributed by atoms with E-state index in [1.165, 1.54) is 0 Å². The van der Waals surface area contributed by atoms with E-state index in [0.29, 0.717) is 5.71 Å². The summed E-state index contributed by atoms with van der Waals surface area (Å²) < 4.78 is 5.14. The molecule has 1 amide bonds. The summed E-state index contributed by atoms with van der Waals surface area (Å²) in [6, 6.07) is -0.117. The highest BCUT2D eigenvalue weighted by Gasteiger charge is 2.23. The maximum absolute atomic E-state index is 11.4. The lowest BCUT2D eigenvalue weighted by atomic mass is 9.93. The molecule has 86 valence electrons. The maximum Gasteiger partial charge on any atom is 0.408 e. The van der Waals surface area contributed by atoms with Crippen LogP contribution in [-0.4, -0.2) is 23.4 Å². The molecule has 0 spiro atoms. The molecule has 0 aliphatic heterocycles. The Labute approximate surface area is 90.9 Å². The van der Waals surface area contributed by atoms with E-state index in [1.807, 2.05) is 20.8 Å². The molecule has 4 nitrogen and oxygen atoms in total. The number of hydrogen-bond donors (Lipinski definition) is 2. The van der Waals surface area contributed by atoms with Gasteiger partial charge in [0.1, 0.15) is 5.60 Å². The molecular weight excluding hydrogens is 192 g/mol. The van der Waals surface area contributed by atoms with Crippen LogP contribution in [0, 0.1) is 5.41 Å². The number of hydrogen-bond acceptors (Lipinski definition) is 3. The standard InChI is InChI=1S/C11H20N2O2/c1-11(2,3)15-10(14)13-9-7-5-4-6-8(9)12/h9,12H,4-7H2,1-3H3,(H,13,14)/t9-/m0/s1. The lowest BCUT2D eigenvalue weighted by molar-refractivity contribution is 0.0514. The van der Waals surface area contributed by atoms with E-state index < -0.39 is 11.7 Å². The highest BCUT2D eigenvalue weighted by atomic mass is 16.6. The van der Waals surface area contributed by atoms with Crippen molar-refractivity contribution in [3.05, 3.63) is 0 Å². The molecule has 1 saturated carbocycles. The van der Waals surface area contributed by atoms with Crippen molar-refractivity contribution in [3.63, 3.8) is 0 Å². The van der Waals surface area contributed by atoms with Crippen LogP contribution >= 0.6 is 0 Å². The van der Waals surface area contributed by atoms with Gasteiger partial charge in [0.2, 0.25) is 0 Å². The van der Waals surface area contributed by atoms with Gasteiger partial charge in [0.05, 0.1) is 6.04 Å². The van der Waals surface area contributed by atoms with Gasteiger partial charge in [-0.2, -0.15) is 0 Å². The van der Waals surface area contributed by atoms with Gasteiger partial charge in [0.15, 0.2) is 0 Å². The summed E-state index contributed by atoms with van der Waals surface area (Å²) in [7, 11) is 0. The van der Waals surface area contributed by atoms with Crippen LogP contribution in [0.15, 0.2) is 0 Å². The Balaban J connectivity index is 2.40. The molecule has 0 aromatic heterocycles. The van der Waals surface area contributed by atoms with E-state index in [9.17, 15) is 4.79 Å². The van der Waals surface area contributed by atoms with Gasteiger partial charge in [0.25, 0.3) is 0 Å². The van der Waals surface area contributed by atoms with Crippen LogP contribution in [0.3, 0.4) is 0 Å². The first-order valence-corrected chi connectivity index (χ1v) is 5.45. The zero-order chi connectivity index (χ0) is 11.5. The molecule has 1 atom stereocenters. The molecule has 1 fully saturated rings. The molecule has 0 heterocycles. The van der Waals surface area contributed by atoms with Crippen molar-refractivity contribution in [1.29, 1.82) is 5.41 Å². The fourth-order valence-electron chi connectivity index (χ4n) is 1.62. The van der Waals surface area contributed by atoms with Crippen LogP contribution in [0.5, 0.6) is 0 Å². The Hall–Kier alpha value is -1.06. The quantitative estimate of drug-likeness (QED) is 0.701. The molecule has 0 bridgehead atoms. The van der Waals surface area contributed by atoms with Crippen molar-refractivity contribution < 1.29 is 9.53 Å². The van der Waals surface area contributed by atoms with E-state index in [0.717, 1.165) is 25.7 Å². The number of alkyl carbamates (subject to hydrolysis) is 1. The van der Waals surface area contributed by atoms with Gasteiger partial charge in [-0.1, -0.05) is 6.42 Å². The van der Waals surface area contributed by atoms with Gasteiger partial charge in [-0.05, 0) is 40.0 Å². The third kappa shape index (κ3) is 4.32. The largest absolute Gasteiger partial charge is 0.444 e. The topological polar surface area (TPSA) is 62.2 Å². The molecule has 2 N–H and O–H groups in total. The second kappa shape index (κ2) is 4.64. The van der Waals surface area contributed by atoms with Crippen molar-refractivity contribution in [2.24, 2.45) is 0 Å². The van der Waals surface area contributed by atoms with E-state index in [-0.39, 0.29) is 6.04 Å². The van der Waals surface area contributed by atoms with Crippen LogP contribution in [0.25, 0.3) is 0 Å². The molecule has 0 saturated heterocycles. The summed E-state index contributed by atoms with van der Waals surface area (Å²) in [5.41, 5.74) is 0.146. The molecule has 0 unspecified atom stereocenters. The summed E-state index contributed by atoms with van der Waals surface area (Å²) in [5, 5.41) is 10.4. The fourth-order valence-corrected chi connectivity index (χ4v) is 1.62. The number of rotatable bonds is 1. The van der Waals surface area contributed by atoms with E-state index in [4.69, 9.17) is 10.1 Å². The predicted molar refractivity (Wildman–Crippen MR) is 59.4 cm³/mol. The lowest BCUT2D eigenvalue weighted by Gasteiger charge is -2.26. The van der Waals surface area contributed by atoms with Crippen LogP contribution in [0.2, 0.25) is 0 Å². The number of carbonyl (C=O) groups excluding carboxylic acids is 1. The van der Waals surface area contributed by atoms with Crippen LogP contribution in [-0.2, 0) is 4.74 Å². The van der Waals surface area contributed by atoms with Gasteiger partial charge in [-0.3, -0.25) is 0 Å². The Kier molecular flexibility index (Phi) is 3.72. The molecule has 1 aliphatic carbocycles. The van der Waals surface area contributed by atoms with Crippen LogP contribution in [0.1, 0.15) is 46.5 Å². The second-order valence-electron chi connectivity index (χ2n) is 4.97. The first-order chi connectivity index (χ1) is 6.88. The van der Waals surface area contributed by atoms with Gasteiger partial charge in [0, 0.05) is 5.71 Å². The molecular formula is C11H20N2O2. The van der Waals surface area contributed by atoms with Crippen molar-refractivity contribution >= 4 is 11.8 Å². The Bertz CT molecular complexity index is 256. The Morgan fingerprint density at radius 1 is 1.47 bits per heavy atom. The molecule has 1 aliphatic rings. The normalized spacial score (nSPS) is 22.3. The zero-order valence-corrected chi connectivity index (χ0v) is 9.72. The lowest BCUT2D eigenvalue weighted by Crippen LogP contribution is -2.44. The average Bonchev–Trinajstić information content (AvgIpc) is 2.05. The number of carbonyl (C=O) groups is 1. The first kappa shape index (κ1) is 12.0. The highest BCUT2D eigenvalue weighted by Crippen LogP contribution is 2.15. The van der Waals surface area contributed by atoms with Crippen molar-refractivity contribution in [1.82, 2.24) is 5.32 Å². The number of nitrogens with one attached hydrogen (secondary N) is 2. The zero-order valence-electron chi connectivity index (χ0n) is 9.72. The summed E-state index contributed by atoms with van der Waals surface area (Å²) in [4.78, 5) is 11.4. The smallest absolute Gasteiger partial charge is 0.408 e. The fraction of sp³-hybridized carbons (Fsp3) is 0.818. The molecule has 4 heteroatoms. The monoisotopic (exact) mass is 212 g/mol. The van der Waals surface area contributed by atoms with Crippen LogP contribution < -0.4 is 5.32 Å². The van der Waals surface area contributed by atoms with Gasteiger partial charge < -0.3 is 15.5 Å². The number of ether oxygens (including phenoxy) is 1. The van der Waals surface area contributed by atoms with Crippen molar-refractivity contribution in [3.8, 4) is 0 Å². The van der Waals surface area contributed by atoms with Crippen molar-refractivity contribution in [2.75, 3.05) is 0 Å². The van der Waals surface area contributed by atoms with E-state index in [1.54, 1.807) is 0 Å². The second-order valence-corrected chi connectivity index (χ2v) is 4.97. The van der Waals surface area contributed by atoms with Gasteiger partial charge in [-0.15, -0.1) is 0 Å². The minimum atomic E-state index is -0.471. The maximum atomic E-state index is 11.4. The summed E-state index contributed by atoms with van der Waals surface area (Å²) >= 11 is 0. The average molecular weight is 212 g/mol. The molecule has 1 rings (SSSR count). The minimum absolute atomic E-state index is 0.117. The molecule has 0 radical (unpaired) electrons. The Morgan fingerprint density at radius 3 is 2.67 bits per heavy atom. The molecule has 0 aromatic carbocycles. The summed E-state index contributed by atoms with van der Waals surface area (Å²) in [6.45, 7) is 5.50. The summed E-state index contributed by atoms with van der Waals surface area (Å²) in [6.07, 6.45) is 3.37. The van der Waals surface area contributed by atoms with Gasteiger partial charge in [-0.25, -0.2) is 4.79 Å². The first-order valence-electron chi connectivity index (χ1n) is 5.45. The molecule has 15 heavy (non-hydrogen) atoms. The van der Waals surface area contributed by atoms with Crippen LogP contribution in [0.4, 0.5) is 4.79 Å². The summed E-state index contributed by atoms with van der Waals surface area (Å²) in [5.74, 6) is 0. The third-order valence-corrected chi connectivity index (χ3v) is 2.30. The minimum Gasteiger partial charge on any atom is -0.444 e. The SMILES string of the molecule is CC(C)(C)OC(=O)N[C@H]1CCCCC1=N. The molecule has 0 aromatic rings.